The second-order valence-electron chi connectivity index (χ2n) is 9.66. The standard InChI is InChI=1S/C25H25ClN2O7S3/c1-14-2-7-18-20(12-14)36-25(22(18)24(30)27-16-10-11-37(31,32)13-16)28-23(29)19-8-9-21(35-19)38(33,34)17-5-3-15(26)4-6-17/h3-6,8-9,14,16H,2,7,10-13H2,1H3,(H,27,30)(H,28,29). The number of rotatable bonds is 6. The third-order valence-corrected chi connectivity index (χ3v) is 11.6. The molecule has 9 nitrogen and oxygen atoms in total. The van der Waals surface area contributed by atoms with E-state index in [1.165, 1.54) is 47.7 Å². The summed E-state index contributed by atoms with van der Waals surface area (Å²) in [6.07, 6.45) is 2.66. The molecule has 2 N–H and O–H groups in total. The fourth-order valence-corrected chi connectivity index (χ4v) is 9.10. The molecule has 3 heterocycles. The Labute approximate surface area is 229 Å². The van der Waals surface area contributed by atoms with E-state index in [1.54, 1.807) is 0 Å². The summed E-state index contributed by atoms with van der Waals surface area (Å²) >= 11 is 7.15. The fraction of sp³-hybridized carbons (Fsp3) is 0.360. The third-order valence-electron chi connectivity index (χ3n) is 6.73. The molecular formula is C25H25ClN2O7S3. The van der Waals surface area contributed by atoms with E-state index in [4.69, 9.17) is 16.0 Å². The number of benzene rings is 1. The van der Waals surface area contributed by atoms with Gasteiger partial charge in [0.15, 0.2) is 15.6 Å². The van der Waals surface area contributed by atoms with E-state index in [2.05, 4.69) is 17.6 Å². The van der Waals surface area contributed by atoms with Crippen LogP contribution in [0.5, 0.6) is 0 Å². The summed E-state index contributed by atoms with van der Waals surface area (Å²) in [5.74, 6) is -1.02. The lowest BCUT2D eigenvalue weighted by molar-refractivity contribution is 0.0941. The molecule has 2 aliphatic rings. The van der Waals surface area contributed by atoms with Crippen molar-refractivity contribution in [1.29, 1.82) is 0 Å². The van der Waals surface area contributed by atoms with Gasteiger partial charge in [-0.3, -0.25) is 9.59 Å². The summed E-state index contributed by atoms with van der Waals surface area (Å²) in [5.41, 5.74) is 1.18. The highest BCUT2D eigenvalue weighted by atomic mass is 35.5. The number of thiophene rings is 1. The van der Waals surface area contributed by atoms with Crippen molar-refractivity contribution < 1.29 is 30.8 Å². The average molecular weight is 597 g/mol. The maximum Gasteiger partial charge on any atom is 0.292 e. The van der Waals surface area contributed by atoms with Crippen molar-refractivity contribution in [2.45, 2.75) is 48.6 Å². The Bertz CT molecular complexity index is 1620. The van der Waals surface area contributed by atoms with Gasteiger partial charge in [-0.15, -0.1) is 11.3 Å². The van der Waals surface area contributed by atoms with Crippen LogP contribution in [-0.4, -0.2) is 46.2 Å². The molecule has 202 valence electrons. The van der Waals surface area contributed by atoms with Gasteiger partial charge < -0.3 is 15.1 Å². The van der Waals surface area contributed by atoms with E-state index in [-0.39, 0.29) is 22.2 Å². The van der Waals surface area contributed by atoms with Crippen LogP contribution >= 0.6 is 22.9 Å². The lowest BCUT2D eigenvalue weighted by atomic mass is 9.88. The number of anilines is 1. The third kappa shape index (κ3) is 5.40. The molecule has 2 aromatic heterocycles. The Kier molecular flexibility index (Phi) is 7.18. The van der Waals surface area contributed by atoms with Crippen LogP contribution in [0.1, 0.15) is 51.1 Å². The Balaban J connectivity index is 1.40. The molecule has 38 heavy (non-hydrogen) atoms. The van der Waals surface area contributed by atoms with Crippen molar-refractivity contribution >= 4 is 59.4 Å². The number of furan rings is 1. The predicted molar refractivity (Wildman–Crippen MR) is 144 cm³/mol. The van der Waals surface area contributed by atoms with Gasteiger partial charge >= 0.3 is 0 Å². The average Bonchev–Trinajstić information content (AvgIpc) is 3.56. The smallest absolute Gasteiger partial charge is 0.292 e. The number of amides is 2. The number of sulfone groups is 2. The topological polar surface area (TPSA) is 140 Å². The monoisotopic (exact) mass is 596 g/mol. The SMILES string of the molecule is CC1CCc2c(sc(NC(=O)c3ccc(S(=O)(=O)c4ccc(Cl)cc4)o3)c2C(=O)NC2CCS(=O)(=O)C2)C1. The van der Waals surface area contributed by atoms with Gasteiger partial charge in [-0.25, -0.2) is 16.8 Å². The molecule has 0 spiro atoms. The molecule has 1 aliphatic heterocycles. The first-order chi connectivity index (χ1) is 17.9. The summed E-state index contributed by atoms with van der Waals surface area (Å²) in [7, 11) is -7.19. The Morgan fingerprint density at radius 2 is 1.82 bits per heavy atom. The highest BCUT2D eigenvalue weighted by Crippen LogP contribution is 2.40. The van der Waals surface area contributed by atoms with Crippen LogP contribution in [0.15, 0.2) is 50.8 Å². The predicted octanol–water partition coefficient (Wildman–Crippen LogP) is 4.12. The van der Waals surface area contributed by atoms with Crippen LogP contribution in [0.4, 0.5) is 5.00 Å². The number of hydrogen-bond donors (Lipinski definition) is 2. The lowest BCUT2D eigenvalue weighted by Gasteiger charge is -2.19. The normalized spacial score (nSPS) is 20.6. The van der Waals surface area contributed by atoms with Crippen molar-refractivity contribution in [3.63, 3.8) is 0 Å². The van der Waals surface area contributed by atoms with Crippen molar-refractivity contribution in [3.8, 4) is 0 Å². The summed E-state index contributed by atoms with van der Waals surface area (Å²) in [4.78, 5) is 27.4. The van der Waals surface area contributed by atoms with Crippen LogP contribution in [0.3, 0.4) is 0 Å². The molecule has 2 unspecified atom stereocenters. The number of carbonyl (C=O) groups is 2. The van der Waals surface area contributed by atoms with E-state index >= 15 is 0 Å². The minimum absolute atomic E-state index is 0.0283. The first kappa shape index (κ1) is 26.9. The van der Waals surface area contributed by atoms with Crippen molar-refractivity contribution in [2.24, 2.45) is 5.92 Å². The summed E-state index contributed by atoms with van der Waals surface area (Å²) in [6, 6.07) is 7.55. The van der Waals surface area contributed by atoms with Crippen LogP contribution in [0, 0.1) is 5.92 Å². The van der Waals surface area contributed by atoms with Gasteiger partial charge in [-0.2, -0.15) is 0 Å². The molecule has 2 amide bonds. The molecule has 1 fully saturated rings. The van der Waals surface area contributed by atoms with Gasteiger partial charge in [0.25, 0.3) is 11.8 Å². The second-order valence-corrected chi connectivity index (χ2v) is 15.3. The Hall–Kier alpha value is -2.67. The molecule has 1 saturated heterocycles. The number of halogens is 1. The summed E-state index contributed by atoms with van der Waals surface area (Å²) in [5, 5.41) is 5.86. The molecular weight excluding hydrogens is 572 g/mol. The van der Waals surface area contributed by atoms with Gasteiger partial charge in [-0.05, 0) is 73.6 Å². The Morgan fingerprint density at radius 3 is 2.50 bits per heavy atom. The van der Waals surface area contributed by atoms with Crippen molar-refractivity contribution in [1.82, 2.24) is 5.32 Å². The molecule has 3 aromatic rings. The lowest BCUT2D eigenvalue weighted by Crippen LogP contribution is -2.36. The largest absolute Gasteiger partial charge is 0.439 e. The number of carbonyl (C=O) groups excluding carboxylic acids is 2. The number of fused-ring (bicyclic) bond motifs is 1. The van der Waals surface area contributed by atoms with Gasteiger partial charge in [0.05, 0.1) is 22.0 Å². The first-order valence-corrected chi connectivity index (χ1v) is 16.5. The van der Waals surface area contributed by atoms with E-state index in [0.29, 0.717) is 34.3 Å². The number of hydrogen-bond acceptors (Lipinski definition) is 8. The summed E-state index contributed by atoms with van der Waals surface area (Å²) in [6.45, 7) is 2.12. The maximum absolute atomic E-state index is 13.3. The minimum Gasteiger partial charge on any atom is -0.439 e. The maximum atomic E-state index is 13.3. The first-order valence-electron chi connectivity index (χ1n) is 12.0. The highest BCUT2D eigenvalue weighted by Gasteiger charge is 2.33. The molecule has 0 bridgehead atoms. The van der Waals surface area contributed by atoms with E-state index in [0.717, 1.165) is 23.3 Å². The molecule has 0 radical (unpaired) electrons. The molecule has 13 heteroatoms. The van der Waals surface area contributed by atoms with Gasteiger partial charge in [-0.1, -0.05) is 18.5 Å². The fourth-order valence-electron chi connectivity index (χ4n) is 4.73. The summed E-state index contributed by atoms with van der Waals surface area (Å²) < 4.78 is 54.9. The van der Waals surface area contributed by atoms with E-state index < -0.39 is 42.6 Å². The zero-order chi connectivity index (χ0) is 27.2. The van der Waals surface area contributed by atoms with Gasteiger partial charge in [0, 0.05) is 15.9 Å². The van der Waals surface area contributed by atoms with Crippen molar-refractivity contribution in [3.05, 3.63) is 63.2 Å². The minimum atomic E-state index is -4.01. The zero-order valence-electron chi connectivity index (χ0n) is 20.3. The zero-order valence-corrected chi connectivity index (χ0v) is 23.5. The van der Waals surface area contributed by atoms with E-state index in [9.17, 15) is 26.4 Å². The van der Waals surface area contributed by atoms with Crippen LogP contribution in [0.2, 0.25) is 5.02 Å². The van der Waals surface area contributed by atoms with Crippen molar-refractivity contribution in [2.75, 3.05) is 16.8 Å². The number of nitrogens with one attached hydrogen (secondary N) is 2. The Morgan fingerprint density at radius 1 is 1.08 bits per heavy atom. The quantitative estimate of drug-likeness (QED) is 0.436. The van der Waals surface area contributed by atoms with Crippen LogP contribution in [0.25, 0.3) is 0 Å². The van der Waals surface area contributed by atoms with Crippen LogP contribution in [-0.2, 0) is 32.5 Å². The molecule has 5 rings (SSSR count). The second kappa shape index (κ2) is 10.1. The van der Waals surface area contributed by atoms with Gasteiger partial charge in [0.1, 0.15) is 5.00 Å². The molecule has 1 aromatic carbocycles. The molecule has 0 saturated carbocycles. The molecule has 2 atom stereocenters. The highest BCUT2D eigenvalue weighted by molar-refractivity contribution is 7.91. The molecule has 1 aliphatic carbocycles. The van der Waals surface area contributed by atoms with Gasteiger partial charge in [0.2, 0.25) is 14.9 Å². The van der Waals surface area contributed by atoms with Crippen LogP contribution < -0.4 is 10.6 Å². The van der Waals surface area contributed by atoms with E-state index in [1.807, 2.05) is 0 Å².